The second kappa shape index (κ2) is 5.05. The van der Waals surface area contributed by atoms with Gasteiger partial charge in [-0.2, -0.15) is 0 Å². The lowest BCUT2D eigenvalue weighted by Gasteiger charge is -2.28. The molecular weight excluding hydrogens is 220 g/mol. The molecule has 4 atom stereocenters. The van der Waals surface area contributed by atoms with Gasteiger partial charge >= 0.3 is 0 Å². The van der Waals surface area contributed by atoms with Crippen molar-refractivity contribution >= 4 is 0 Å². The summed E-state index contributed by atoms with van der Waals surface area (Å²) in [4.78, 5) is 0. The van der Waals surface area contributed by atoms with Crippen molar-refractivity contribution in [3.8, 4) is 0 Å². The zero-order valence-corrected chi connectivity index (χ0v) is 11.5. The van der Waals surface area contributed by atoms with Crippen LogP contribution in [0.4, 0.5) is 0 Å². The molecule has 2 saturated carbocycles. The summed E-state index contributed by atoms with van der Waals surface area (Å²) in [5, 5.41) is 0. The standard InChI is InChI=1S/C17H24O/c1-12(2)18-11-16-9-15-8-14(16)10-17(15)13-6-4-3-5-7-13/h3-7,12,14-17H,8-11H2,1-2H3. The summed E-state index contributed by atoms with van der Waals surface area (Å²) in [6.45, 7) is 5.26. The van der Waals surface area contributed by atoms with Gasteiger partial charge in [-0.1, -0.05) is 30.3 Å². The molecule has 2 fully saturated rings. The quantitative estimate of drug-likeness (QED) is 0.769. The van der Waals surface area contributed by atoms with Crippen LogP contribution >= 0.6 is 0 Å². The van der Waals surface area contributed by atoms with Crippen LogP contribution in [-0.2, 0) is 4.74 Å². The molecule has 18 heavy (non-hydrogen) atoms. The van der Waals surface area contributed by atoms with Gasteiger partial charge in [0.2, 0.25) is 0 Å². The van der Waals surface area contributed by atoms with Crippen LogP contribution in [0.1, 0.15) is 44.6 Å². The van der Waals surface area contributed by atoms with Gasteiger partial charge in [0, 0.05) is 0 Å². The molecule has 0 spiro atoms. The van der Waals surface area contributed by atoms with E-state index in [-0.39, 0.29) is 0 Å². The molecule has 1 heteroatoms. The summed E-state index contributed by atoms with van der Waals surface area (Å²) in [6.07, 6.45) is 4.60. The topological polar surface area (TPSA) is 9.23 Å². The molecule has 0 saturated heterocycles. The van der Waals surface area contributed by atoms with Gasteiger partial charge in [-0.05, 0) is 62.3 Å². The van der Waals surface area contributed by atoms with E-state index in [4.69, 9.17) is 4.74 Å². The molecule has 2 aliphatic rings. The minimum Gasteiger partial charge on any atom is -0.378 e. The van der Waals surface area contributed by atoms with Gasteiger partial charge in [0.05, 0.1) is 12.7 Å². The van der Waals surface area contributed by atoms with E-state index in [2.05, 4.69) is 44.2 Å². The normalized spacial score (nSPS) is 34.4. The predicted octanol–water partition coefficient (Wildman–Crippen LogP) is 4.24. The van der Waals surface area contributed by atoms with Gasteiger partial charge in [-0.3, -0.25) is 0 Å². The Labute approximate surface area is 111 Å². The first-order valence-corrected chi connectivity index (χ1v) is 7.40. The molecule has 1 aromatic carbocycles. The summed E-state index contributed by atoms with van der Waals surface area (Å²) in [5.74, 6) is 3.49. The van der Waals surface area contributed by atoms with Crippen molar-refractivity contribution in [1.82, 2.24) is 0 Å². The average molecular weight is 244 g/mol. The molecule has 3 rings (SSSR count). The molecule has 0 N–H and O–H groups in total. The molecule has 1 nitrogen and oxygen atoms in total. The Morgan fingerprint density at radius 2 is 1.83 bits per heavy atom. The lowest BCUT2D eigenvalue weighted by molar-refractivity contribution is 0.0347. The van der Waals surface area contributed by atoms with E-state index < -0.39 is 0 Å². The van der Waals surface area contributed by atoms with Crippen molar-refractivity contribution < 1.29 is 4.74 Å². The molecule has 0 heterocycles. The zero-order valence-electron chi connectivity index (χ0n) is 11.5. The first kappa shape index (κ1) is 12.2. The van der Waals surface area contributed by atoms with Crippen molar-refractivity contribution in [2.75, 3.05) is 6.61 Å². The van der Waals surface area contributed by atoms with E-state index in [9.17, 15) is 0 Å². The SMILES string of the molecule is CC(C)OCC1CC2CC1CC2c1ccccc1. The molecule has 2 aliphatic carbocycles. The van der Waals surface area contributed by atoms with Gasteiger partial charge < -0.3 is 4.74 Å². The van der Waals surface area contributed by atoms with E-state index in [0.29, 0.717) is 6.10 Å². The van der Waals surface area contributed by atoms with Crippen LogP contribution in [0, 0.1) is 17.8 Å². The van der Waals surface area contributed by atoms with E-state index >= 15 is 0 Å². The lowest BCUT2D eigenvalue weighted by Crippen LogP contribution is -2.22. The minimum absolute atomic E-state index is 0.383. The van der Waals surface area contributed by atoms with E-state index in [1.165, 1.54) is 19.3 Å². The number of benzene rings is 1. The van der Waals surface area contributed by atoms with Gasteiger partial charge in [-0.15, -0.1) is 0 Å². The van der Waals surface area contributed by atoms with Crippen molar-refractivity contribution in [3.63, 3.8) is 0 Å². The third-order valence-electron chi connectivity index (χ3n) is 4.87. The fourth-order valence-corrected chi connectivity index (χ4v) is 4.02. The molecule has 0 radical (unpaired) electrons. The van der Waals surface area contributed by atoms with Crippen LogP contribution in [0.25, 0.3) is 0 Å². The third-order valence-corrected chi connectivity index (χ3v) is 4.87. The van der Waals surface area contributed by atoms with E-state index in [1.54, 1.807) is 5.56 Å². The monoisotopic (exact) mass is 244 g/mol. The van der Waals surface area contributed by atoms with E-state index in [0.717, 1.165) is 30.3 Å². The first-order chi connectivity index (χ1) is 8.74. The van der Waals surface area contributed by atoms with Crippen molar-refractivity contribution in [3.05, 3.63) is 35.9 Å². The average Bonchev–Trinajstić information content (AvgIpc) is 2.97. The van der Waals surface area contributed by atoms with Gasteiger partial charge in [0.1, 0.15) is 0 Å². The van der Waals surface area contributed by atoms with Gasteiger partial charge in [-0.25, -0.2) is 0 Å². The van der Waals surface area contributed by atoms with Gasteiger partial charge in [0.15, 0.2) is 0 Å². The summed E-state index contributed by atoms with van der Waals surface area (Å²) < 4.78 is 5.82. The maximum atomic E-state index is 5.82. The molecule has 98 valence electrons. The Balaban J connectivity index is 1.61. The van der Waals surface area contributed by atoms with Crippen LogP contribution < -0.4 is 0 Å². The Kier molecular flexibility index (Phi) is 3.43. The lowest BCUT2D eigenvalue weighted by atomic mass is 9.79. The highest BCUT2D eigenvalue weighted by Crippen LogP contribution is 2.55. The highest BCUT2D eigenvalue weighted by Gasteiger charge is 2.45. The second-order valence-corrected chi connectivity index (χ2v) is 6.39. The smallest absolute Gasteiger partial charge is 0.0519 e. The number of ether oxygens (including phenoxy) is 1. The maximum Gasteiger partial charge on any atom is 0.0519 e. The summed E-state index contributed by atoms with van der Waals surface area (Å²) in [6, 6.07) is 11.1. The molecule has 1 aromatic rings. The van der Waals surface area contributed by atoms with Crippen molar-refractivity contribution in [2.45, 2.75) is 45.1 Å². The Hall–Kier alpha value is -0.820. The maximum absolute atomic E-state index is 5.82. The fourth-order valence-electron chi connectivity index (χ4n) is 4.02. The number of fused-ring (bicyclic) bond motifs is 2. The number of rotatable bonds is 4. The zero-order chi connectivity index (χ0) is 12.5. The first-order valence-electron chi connectivity index (χ1n) is 7.40. The molecule has 2 bridgehead atoms. The van der Waals surface area contributed by atoms with Crippen LogP contribution in [-0.4, -0.2) is 12.7 Å². The van der Waals surface area contributed by atoms with Crippen molar-refractivity contribution in [1.29, 1.82) is 0 Å². The molecule has 0 amide bonds. The highest BCUT2D eigenvalue weighted by atomic mass is 16.5. The Morgan fingerprint density at radius 3 is 2.44 bits per heavy atom. The Morgan fingerprint density at radius 1 is 1.06 bits per heavy atom. The van der Waals surface area contributed by atoms with Crippen LogP contribution in [0.3, 0.4) is 0 Å². The van der Waals surface area contributed by atoms with Gasteiger partial charge in [0.25, 0.3) is 0 Å². The van der Waals surface area contributed by atoms with Crippen LogP contribution in [0.2, 0.25) is 0 Å². The van der Waals surface area contributed by atoms with E-state index in [1.807, 2.05) is 0 Å². The number of hydrogen-bond donors (Lipinski definition) is 0. The molecule has 0 aliphatic heterocycles. The minimum atomic E-state index is 0.383. The Bertz CT molecular complexity index is 384. The summed E-state index contributed by atoms with van der Waals surface area (Å²) in [7, 11) is 0. The highest BCUT2D eigenvalue weighted by molar-refractivity contribution is 5.23. The largest absolute Gasteiger partial charge is 0.378 e. The molecular formula is C17H24O. The number of hydrogen-bond acceptors (Lipinski definition) is 1. The summed E-state index contributed by atoms with van der Waals surface area (Å²) >= 11 is 0. The fraction of sp³-hybridized carbons (Fsp3) is 0.647. The predicted molar refractivity (Wildman–Crippen MR) is 74.6 cm³/mol. The molecule has 0 aromatic heterocycles. The van der Waals surface area contributed by atoms with Crippen LogP contribution in [0.15, 0.2) is 30.3 Å². The molecule has 4 unspecified atom stereocenters. The van der Waals surface area contributed by atoms with Crippen LogP contribution in [0.5, 0.6) is 0 Å². The van der Waals surface area contributed by atoms with Crippen molar-refractivity contribution in [2.24, 2.45) is 17.8 Å². The summed E-state index contributed by atoms with van der Waals surface area (Å²) in [5.41, 5.74) is 1.56. The third kappa shape index (κ3) is 2.33. The second-order valence-electron chi connectivity index (χ2n) is 6.39.